The molecule has 0 bridgehead atoms. The van der Waals surface area contributed by atoms with Crippen molar-refractivity contribution in [1.29, 1.82) is 0 Å². The molecule has 0 heterocycles. The molecular formula is C16H16O4. The van der Waals surface area contributed by atoms with Crippen molar-refractivity contribution in [2.24, 2.45) is 0 Å². The summed E-state index contributed by atoms with van der Waals surface area (Å²) >= 11 is 0. The van der Waals surface area contributed by atoms with Crippen molar-refractivity contribution in [2.45, 2.75) is 0 Å². The number of hydrogen-bond acceptors (Lipinski definition) is 4. The van der Waals surface area contributed by atoms with E-state index in [0.29, 0.717) is 17.1 Å². The molecule has 0 atom stereocenters. The second-order valence-electron chi connectivity index (χ2n) is 4.12. The smallest absolute Gasteiger partial charge is 0.342 e. The maximum atomic E-state index is 12.2. The van der Waals surface area contributed by atoms with Gasteiger partial charge in [0.05, 0.1) is 14.2 Å². The number of hydrogen-bond donors (Lipinski definition) is 0. The van der Waals surface area contributed by atoms with Gasteiger partial charge >= 0.3 is 5.97 Å². The molecule has 4 heteroatoms. The molecule has 0 radical (unpaired) electrons. The summed E-state index contributed by atoms with van der Waals surface area (Å²) in [5, 5.41) is 1.65. The molecule has 2 aromatic carbocycles. The lowest BCUT2D eigenvalue weighted by Crippen LogP contribution is -2.08. The maximum absolute atomic E-state index is 12.2. The third-order valence-electron chi connectivity index (χ3n) is 2.95. The lowest BCUT2D eigenvalue weighted by atomic mass is 10.0. The standard InChI is InChI=1S/C16H16O4/c1-4-9-20-16(17)15-13-10-12(18-2)7-5-11(13)6-8-14(15)19-3/h4-8,10H,1,9H2,2-3H3. The molecule has 4 nitrogen and oxygen atoms in total. The van der Waals surface area contributed by atoms with Crippen LogP contribution < -0.4 is 9.47 Å². The van der Waals surface area contributed by atoms with Gasteiger partial charge in [0.15, 0.2) is 0 Å². The Hall–Kier alpha value is -2.49. The number of fused-ring (bicyclic) bond motifs is 1. The van der Waals surface area contributed by atoms with E-state index in [0.717, 1.165) is 10.8 Å². The Morgan fingerprint density at radius 3 is 2.60 bits per heavy atom. The van der Waals surface area contributed by atoms with Crippen LogP contribution in [-0.2, 0) is 4.74 Å². The third kappa shape index (κ3) is 2.59. The van der Waals surface area contributed by atoms with Gasteiger partial charge in [-0.3, -0.25) is 0 Å². The Bertz CT molecular complexity index is 641. The van der Waals surface area contributed by atoms with E-state index in [1.165, 1.54) is 13.2 Å². The molecule has 2 rings (SSSR count). The predicted molar refractivity (Wildman–Crippen MR) is 77.5 cm³/mol. The first-order valence-corrected chi connectivity index (χ1v) is 6.14. The van der Waals surface area contributed by atoms with Gasteiger partial charge in [0.25, 0.3) is 0 Å². The molecule has 0 aromatic heterocycles. The molecule has 0 fully saturated rings. The summed E-state index contributed by atoms with van der Waals surface area (Å²) in [5.74, 6) is 0.698. The summed E-state index contributed by atoms with van der Waals surface area (Å²) in [5.41, 5.74) is 0.394. The molecule has 104 valence electrons. The highest BCUT2D eigenvalue weighted by molar-refractivity contribution is 6.07. The molecule has 0 amide bonds. The van der Waals surface area contributed by atoms with E-state index in [2.05, 4.69) is 6.58 Å². The second-order valence-corrected chi connectivity index (χ2v) is 4.12. The first-order valence-electron chi connectivity index (χ1n) is 6.14. The quantitative estimate of drug-likeness (QED) is 0.619. The number of carbonyl (C=O) groups is 1. The Labute approximate surface area is 117 Å². The van der Waals surface area contributed by atoms with E-state index in [9.17, 15) is 4.79 Å². The highest BCUT2D eigenvalue weighted by Crippen LogP contribution is 2.31. The number of methoxy groups -OCH3 is 2. The molecule has 0 spiro atoms. The maximum Gasteiger partial charge on any atom is 0.342 e. The molecule has 0 unspecified atom stereocenters. The van der Waals surface area contributed by atoms with Gasteiger partial charge in [0, 0.05) is 5.39 Å². The van der Waals surface area contributed by atoms with Crippen LogP contribution in [0.4, 0.5) is 0 Å². The summed E-state index contributed by atoms with van der Waals surface area (Å²) in [6.45, 7) is 3.69. The lowest BCUT2D eigenvalue weighted by Gasteiger charge is -2.12. The highest BCUT2D eigenvalue weighted by atomic mass is 16.5. The van der Waals surface area contributed by atoms with E-state index in [1.807, 2.05) is 18.2 Å². The Morgan fingerprint density at radius 1 is 1.20 bits per heavy atom. The minimum Gasteiger partial charge on any atom is -0.497 e. The zero-order valence-corrected chi connectivity index (χ0v) is 11.5. The average molecular weight is 272 g/mol. The minimum absolute atomic E-state index is 0.155. The van der Waals surface area contributed by atoms with Gasteiger partial charge < -0.3 is 14.2 Å². The highest BCUT2D eigenvalue weighted by Gasteiger charge is 2.18. The zero-order valence-electron chi connectivity index (χ0n) is 11.5. The summed E-state index contributed by atoms with van der Waals surface area (Å²) in [6, 6.07) is 9.16. The van der Waals surface area contributed by atoms with Crippen LogP contribution in [0.25, 0.3) is 10.8 Å². The Balaban J connectivity index is 2.62. The molecule has 0 N–H and O–H groups in total. The average Bonchev–Trinajstić information content (AvgIpc) is 2.50. The van der Waals surface area contributed by atoms with E-state index in [1.54, 1.807) is 19.2 Å². The molecule has 20 heavy (non-hydrogen) atoms. The van der Waals surface area contributed by atoms with Crippen LogP contribution in [0.15, 0.2) is 43.0 Å². The van der Waals surface area contributed by atoms with Crippen molar-refractivity contribution in [2.75, 3.05) is 20.8 Å². The SMILES string of the molecule is C=CCOC(=O)c1c(OC)ccc2ccc(OC)cc12. The number of esters is 1. The van der Waals surface area contributed by atoms with Crippen LogP contribution in [0.2, 0.25) is 0 Å². The first kappa shape index (κ1) is 13.9. The van der Waals surface area contributed by atoms with Gasteiger partial charge in [0.2, 0.25) is 0 Å². The summed E-state index contributed by atoms with van der Waals surface area (Å²) in [7, 11) is 3.10. The Kier molecular flexibility index (Phi) is 4.25. The van der Waals surface area contributed by atoms with Crippen molar-refractivity contribution in [3.05, 3.63) is 48.6 Å². The first-order chi connectivity index (χ1) is 9.71. The molecule has 0 aliphatic rings. The van der Waals surface area contributed by atoms with Crippen LogP contribution >= 0.6 is 0 Å². The van der Waals surface area contributed by atoms with Crippen LogP contribution in [0.1, 0.15) is 10.4 Å². The lowest BCUT2D eigenvalue weighted by molar-refractivity contribution is 0.0548. The van der Waals surface area contributed by atoms with Crippen LogP contribution in [0.5, 0.6) is 11.5 Å². The summed E-state index contributed by atoms with van der Waals surface area (Å²) in [6.07, 6.45) is 1.52. The fraction of sp³-hybridized carbons (Fsp3) is 0.188. The van der Waals surface area contributed by atoms with Gasteiger partial charge in [0.1, 0.15) is 23.7 Å². The molecule has 0 aliphatic heterocycles. The van der Waals surface area contributed by atoms with Gasteiger partial charge in [-0.15, -0.1) is 0 Å². The summed E-state index contributed by atoms with van der Waals surface area (Å²) in [4.78, 5) is 12.2. The summed E-state index contributed by atoms with van der Waals surface area (Å²) < 4.78 is 15.6. The third-order valence-corrected chi connectivity index (χ3v) is 2.95. The molecular weight excluding hydrogens is 256 g/mol. The van der Waals surface area contributed by atoms with Crippen molar-refractivity contribution in [3.63, 3.8) is 0 Å². The monoisotopic (exact) mass is 272 g/mol. The molecule has 2 aromatic rings. The normalized spacial score (nSPS) is 10.1. The van der Waals surface area contributed by atoms with Crippen molar-refractivity contribution >= 4 is 16.7 Å². The van der Waals surface area contributed by atoms with E-state index >= 15 is 0 Å². The number of ether oxygens (including phenoxy) is 3. The molecule has 0 saturated carbocycles. The van der Waals surface area contributed by atoms with Gasteiger partial charge in [-0.2, -0.15) is 0 Å². The fourth-order valence-corrected chi connectivity index (χ4v) is 1.99. The largest absolute Gasteiger partial charge is 0.497 e. The predicted octanol–water partition coefficient (Wildman–Crippen LogP) is 3.20. The van der Waals surface area contributed by atoms with E-state index < -0.39 is 5.97 Å². The number of carbonyl (C=O) groups excluding carboxylic acids is 1. The second kappa shape index (κ2) is 6.10. The Morgan fingerprint density at radius 2 is 1.95 bits per heavy atom. The fourth-order valence-electron chi connectivity index (χ4n) is 1.99. The van der Waals surface area contributed by atoms with Crippen LogP contribution in [-0.4, -0.2) is 26.8 Å². The van der Waals surface area contributed by atoms with Crippen molar-refractivity contribution in [1.82, 2.24) is 0 Å². The minimum atomic E-state index is -0.444. The van der Waals surface area contributed by atoms with E-state index in [4.69, 9.17) is 14.2 Å². The van der Waals surface area contributed by atoms with Crippen LogP contribution in [0.3, 0.4) is 0 Å². The van der Waals surface area contributed by atoms with Crippen LogP contribution in [0, 0.1) is 0 Å². The topological polar surface area (TPSA) is 44.8 Å². The van der Waals surface area contributed by atoms with Crippen molar-refractivity contribution in [3.8, 4) is 11.5 Å². The van der Waals surface area contributed by atoms with Gasteiger partial charge in [-0.05, 0) is 23.6 Å². The molecule has 0 saturated heterocycles. The van der Waals surface area contributed by atoms with Gasteiger partial charge in [-0.25, -0.2) is 4.79 Å². The van der Waals surface area contributed by atoms with Crippen molar-refractivity contribution < 1.29 is 19.0 Å². The number of rotatable bonds is 5. The molecule has 0 aliphatic carbocycles. The van der Waals surface area contributed by atoms with E-state index in [-0.39, 0.29) is 6.61 Å². The van der Waals surface area contributed by atoms with Gasteiger partial charge in [-0.1, -0.05) is 24.8 Å². The number of benzene rings is 2. The zero-order chi connectivity index (χ0) is 14.5.